The lowest BCUT2D eigenvalue weighted by Gasteiger charge is -2.24. The van der Waals surface area contributed by atoms with Crippen molar-refractivity contribution < 1.29 is 14.3 Å². The van der Waals surface area contributed by atoms with E-state index in [2.05, 4.69) is 66.2 Å². The van der Waals surface area contributed by atoms with Gasteiger partial charge in [-0.2, -0.15) is 0 Å². The van der Waals surface area contributed by atoms with Gasteiger partial charge in [-0.1, -0.05) is 37.1 Å². The van der Waals surface area contributed by atoms with E-state index in [4.69, 9.17) is 10.5 Å². The molecule has 1 aliphatic carbocycles. The predicted molar refractivity (Wildman–Crippen MR) is 214 cm³/mol. The zero-order valence-electron chi connectivity index (χ0n) is 31.4. The van der Waals surface area contributed by atoms with Crippen LogP contribution in [0.1, 0.15) is 69.1 Å². The quantitative estimate of drug-likeness (QED) is 0.123. The Labute approximate surface area is 317 Å². The molecule has 2 fully saturated rings. The second-order valence-electron chi connectivity index (χ2n) is 14.7. The average molecular weight is 728 g/mol. The fourth-order valence-corrected chi connectivity index (χ4v) is 6.40. The van der Waals surface area contributed by atoms with Gasteiger partial charge in [0.2, 0.25) is 0 Å². The first-order valence-electron chi connectivity index (χ1n) is 18.5. The van der Waals surface area contributed by atoms with Gasteiger partial charge in [0, 0.05) is 72.5 Å². The van der Waals surface area contributed by atoms with Crippen molar-refractivity contribution in [2.75, 3.05) is 34.8 Å². The van der Waals surface area contributed by atoms with Gasteiger partial charge in [-0.3, -0.25) is 4.79 Å². The van der Waals surface area contributed by atoms with Crippen LogP contribution < -0.4 is 21.7 Å². The molecule has 2 amide bonds. The first kappa shape index (κ1) is 37.7. The molecule has 0 bridgehead atoms. The Morgan fingerprint density at radius 2 is 1.35 bits per heavy atom. The van der Waals surface area contributed by atoms with Gasteiger partial charge in [0.05, 0.1) is 5.56 Å². The number of aryl methyl sites for hydroxylation is 1. The Kier molecular flexibility index (Phi) is 12.0. The zero-order chi connectivity index (χ0) is 38.1. The number of likely N-dealkylation sites (tertiary alicyclic amines) is 1. The van der Waals surface area contributed by atoms with E-state index in [-0.39, 0.29) is 18.0 Å². The Hall–Kier alpha value is -6.04. The highest BCUT2D eigenvalue weighted by atomic mass is 16.6. The molecular formula is C42H49N9O3. The lowest BCUT2D eigenvalue weighted by atomic mass is 10.1. The molecule has 5 aromatic rings. The number of amides is 2. The summed E-state index contributed by atoms with van der Waals surface area (Å²) in [7, 11) is 0. The molecule has 54 heavy (non-hydrogen) atoms. The van der Waals surface area contributed by atoms with Gasteiger partial charge in [-0.15, -0.1) is 0 Å². The lowest BCUT2D eigenvalue weighted by molar-refractivity contribution is 0.0293. The Bertz CT molecular complexity index is 2010. The molecule has 280 valence electrons. The number of benzene rings is 2. The van der Waals surface area contributed by atoms with E-state index < -0.39 is 5.60 Å². The number of nitrogens with two attached hydrogens (primary N) is 1. The van der Waals surface area contributed by atoms with Crippen LogP contribution in [0, 0.1) is 6.92 Å². The summed E-state index contributed by atoms with van der Waals surface area (Å²) in [4.78, 5) is 42.8. The van der Waals surface area contributed by atoms with Crippen molar-refractivity contribution in [1.29, 1.82) is 0 Å². The second-order valence-corrected chi connectivity index (χ2v) is 14.7. The fourth-order valence-electron chi connectivity index (χ4n) is 6.40. The Balaban J connectivity index is 0.000000185. The van der Waals surface area contributed by atoms with Crippen LogP contribution in [0.5, 0.6) is 0 Å². The highest BCUT2D eigenvalue weighted by Gasteiger charge is 2.29. The molecule has 1 unspecified atom stereocenters. The molecule has 7 rings (SSSR count). The largest absolute Gasteiger partial charge is 0.444 e. The van der Waals surface area contributed by atoms with Crippen molar-refractivity contribution in [3.05, 3.63) is 109 Å². The fraction of sp³-hybridized carbons (Fsp3) is 0.333. The molecule has 1 aliphatic heterocycles. The molecule has 1 atom stereocenters. The summed E-state index contributed by atoms with van der Waals surface area (Å²) in [6.45, 7) is 8.77. The standard InChI is InChI=1S/C22H23N5O.C20H26N4O2/c1-15-23-13-18(14-24-15)22(28)27-21-10-9-17(12-25-21)16-5-4-8-20(11-16)26-19-6-2-3-7-19;1-20(2,3)26-19(25)24-10-9-17(13-24)23-16-6-4-5-14(11-16)15-7-8-18(21)22-12-15/h4-5,8-14,19,26H,2-3,6-7H2,1H3,(H,25,27,28);4-8,11-12,17,23H,9-10,13H2,1-3H3,(H2,21,22). The number of rotatable bonds is 8. The Morgan fingerprint density at radius 1 is 0.741 bits per heavy atom. The number of pyridine rings is 2. The molecule has 2 aromatic carbocycles. The van der Waals surface area contributed by atoms with Crippen LogP contribution in [0.15, 0.2) is 97.6 Å². The van der Waals surface area contributed by atoms with Crippen LogP contribution >= 0.6 is 0 Å². The van der Waals surface area contributed by atoms with E-state index in [1.165, 1.54) is 38.1 Å². The van der Waals surface area contributed by atoms with Crippen molar-refractivity contribution >= 4 is 35.0 Å². The predicted octanol–water partition coefficient (Wildman–Crippen LogP) is 8.21. The van der Waals surface area contributed by atoms with E-state index in [1.807, 2.05) is 51.1 Å². The number of hydrogen-bond donors (Lipinski definition) is 4. The molecule has 12 nitrogen and oxygen atoms in total. The van der Waals surface area contributed by atoms with Gasteiger partial charge in [0.15, 0.2) is 0 Å². The molecule has 0 radical (unpaired) electrons. The number of anilines is 4. The monoisotopic (exact) mass is 727 g/mol. The molecule has 0 spiro atoms. The highest BCUT2D eigenvalue weighted by molar-refractivity contribution is 6.03. The van der Waals surface area contributed by atoms with Gasteiger partial charge in [-0.25, -0.2) is 24.7 Å². The summed E-state index contributed by atoms with van der Waals surface area (Å²) in [5, 5.41) is 9.91. The number of nitrogens with zero attached hydrogens (tertiary/aromatic N) is 5. The first-order valence-corrected chi connectivity index (χ1v) is 18.5. The molecule has 3 aromatic heterocycles. The summed E-state index contributed by atoms with van der Waals surface area (Å²) in [6, 6.07) is 24.9. The van der Waals surface area contributed by atoms with Gasteiger partial charge in [-0.05, 0) is 107 Å². The molecule has 1 saturated heterocycles. The van der Waals surface area contributed by atoms with Crippen LogP contribution in [0.4, 0.5) is 27.8 Å². The minimum atomic E-state index is -0.468. The SMILES string of the molecule is CC(C)(C)OC(=O)N1CCC(Nc2cccc(-c3ccc(N)nc3)c2)C1.Cc1ncc(C(=O)Nc2ccc(-c3cccc(NC4CCCC4)c3)cn2)cn1. The molecule has 4 heterocycles. The van der Waals surface area contributed by atoms with Crippen molar-refractivity contribution in [3.63, 3.8) is 0 Å². The average Bonchev–Trinajstić information content (AvgIpc) is 3.85. The third kappa shape index (κ3) is 10.8. The van der Waals surface area contributed by atoms with E-state index in [1.54, 1.807) is 36.4 Å². The van der Waals surface area contributed by atoms with Crippen molar-refractivity contribution in [3.8, 4) is 22.3 Å². The number of carbonyl (C=O) groups is 2. The van der Waals surface area contributed by atoms with E-state index in [9.17, 15) is 9.59 Å². The van der Waals surface area contributed by atoms with Crippen LogP contribution in [0.25, 0.3) is 22.3 Å². The van der Waals surface area contributed by atoms with E-state index in [0.717, 1.165) is 40.0 Å². The summed E-state index contributed by atoms with van der Waals surface area (Å²) in [5.41, 5.74) is 11.9. The maximum atomic E-state index is 12.3. The third-order valence-corrected chi connectivity index (χ3v) is 9.16. The smallest absolute Gasteiger partial charge is 0.410 e. The van der Waals surface area contributed by atoms with Crippen molar-refractivity contribution in [2.24, 2.45) is 0 Å². The molecular weight excluding hydrogens is 679 g/mol. The highest BCUT2D eigenvalue weighted by Crippen LogP contribution is 2.27. The van der Waals surface area contributed by atoms with Gasteiger partial charge in [0.1, 0.15) is 23.1 Å². The van der Waals surface area contributed by atoms with Gasteiger partial charge < -0.3 is 31.3 Å². The van der Waals surface area contributed by atoms with Crippen molar-refractivity contribution in [2.45, 2.75) is 77.5 Å². The molecule has 12 heteroatoms. The third-order valence-electron chi connectivity index (χ3n) is 9.16. The number of nitrogens with one attached hydrogen (secondary N) is 3. The summed E-state index contributed by atoms with van der Waals surface area (Å²) in [5.74, 6) is 1.36. The molecule has 5 N–H and O–H groups in total. The summed E-state index contributed by atoms with van der Waals surface area (Å²) >= 11 is 0. The van der Waals surface area contributed by atoms with Crippen LogP contribution in [-0.4, -0.2) is 67.6 Å². The maximum Gasteiger partial charge on any atom is 0.410 e. The van der Waals surface area contributed by atoms with Crippen LogP contribution in [0.2, 0.25) is 0 Å². The maximum absolute atomic E-state index is 12.3. The zero-order valence-corrected chi connectivity index (χ0v) is 31.4. The van der Waals surface area contributed by atoms with Crippen molar-refractivity contribution in [1.82, 2.24) is 24.8 Å². The number of nitrogen functional groups attached to an aromatic ring is 1. The normalized spacial score (nSPS) is 15.6. The molecule has 2 aliphatic rings. The van der Waals surface area contributed by atoms with Gasteiger partial charge >= 0.3 is 6.09 Å². The molecule has 1 saturated carbocycles. The minimum absolute atomic E-state index is 0.210. The summed E-state index contributed by atoms with van der Waals surface area (Å²) in [6.07, 6.45) is 12.3. The number of hydrogen-bond acceptors (Lipinski definition) is 10. The van der Waals surface area contributed by atoms with Crippen LogP contribution in [0.3, 0.4) is 0 Å². The first-order chi connectivity index (χ1) is 26.0. The van der Waals surface area contributed by atoms with E-state index >= 15 is 0 Å². The van der Waals surface area contributed by atoms with Gasteiger partial charge in [0.25, 0.3) is 5.91 Å². The second kappa shape index (κ2) is 17.2. The Morgan fingerprint density at radius 3 is 1.93 bits per heavy atom. The van der Waals surface area contributed by atoms with E-state index in [0.29, 0.717) is 42.2 Å². The number of carbonyl (C=O) groups excluding carboxylic acids is 2. The number of ether oxygens (including phenoxy) is 1. The summed E-state index contributed by atoms with van der Waals surface area (Å²) < 4.78 is 5.45. The van der Waals surface area contributed by atoms with Crippen LogP contribution in [-0.2, 0) is 4.74 Å². The number of aromatic nitrogens is 4. The topological polar surface area (TPSA) is 160 Å². The lowest BCUT2D eigenvalue weighted by Crippen LogP contribution is -2.36. The minimum Gasteiger partial charge on any atom is -0.444 e.